The molecule has 1 aliphatic rings. The van der Waals surface area contributed by atoms with Crippen molar-refractivity contribution in [1.82, 2.24) is 0 Å². The van der Waals surface area contributed by atoms with E-state index in [1.165, 1.54) is 5.01 Å². The van der Waals surface area contributed by atoms with Gasteiger partial charge in [0.05, 0.1) is 22.3 Å². The van der Waals surface area contributed by atoms with Gasteiger partial charge in [0, 0.05) is 15.7 Å². The predicted octanol–water partition coefficient (Wildman–Crippen LogP) is 7.46. The zero-order valence-electron chi connectivity index (χ0n) is 22.0. The van der Waals surface area contributed by atoms with E-state index in [9.17, 15) is 9.59 Å². The summed E-state index contributed by atoms with van der Waals surface area (Å²) in [4.78, 5) is 26.2. The Bertz CT molecular complexity index is 1640. The van der Waals surface area contributed by atoms with Crippen LogP contribution in [0.15, 0.2) is 117 Å². The topological polar surface area (TPSA) is 80.2 Å². The average Bonchev–Trinajstić information content (AvgIpc) is 3.29. The summed E-state index contributed by atoms with van der Waals surface area (Å²) in [7, 11) is 0. The smallest absolute Gasteiger partial charge is 0.281 e. The summed E-state index contributed by atoms with van der Waals surface area (Å²) in [5.41, 5.74) is 3.84. The first-order valence-electron chi connectivity index (χ1n) is 12.8. The van der Waals surface area contributed by atoms with Crippen LogP contribution in [0, 0.1) is 0 Å². The summed E-state index contributed by atoms with van der Waals surface area (Å²) in [5, 5.41) is 8.91. The standard InChI is InChI=1S/C32H25Br2N3O4/c1-2-40-28-18-21(17-27(34)31(28)41-20-29(38)35-24-13-7-4-8-14-24)16-26-30(22-10-5-3-6-11-22)36-37(32(26)39)25-15-9-12-23(33)19-25/h3-19H,2,20H2,1H3,(H,35,38)/b26-16-. The number of para-hydroxylation sites is 1. The van der Waals surface area contributed by atoms with Crippen LogP contribution in [0.25, 0.3) is 6.08 Å². The second kappa shape index (κ2) is 13.0. The lowest BCUT2D eigenvalue weighted by atomic mass is 10.00. The third kappa shape index (κ3) is 6.75. The Kier molecular flexibility index (Phi) is 8.96. The van der Waals surface area contributed by atoms with Gasteiger partial charge in [0.15, 0.2) is 18.1 Å². The van der Waals surface area contributed by atoms with E-state index in [0.717, 1.165) is 10.0 Å². The van der Waals surface area contributed by atoms with Gasteiger partial charge in [-0.25, -0.2) is 0 Å². The fourth-order valence-electron chi connectivity index (χ4n) is 4.23. The zero-order valence-corrected chi connectivity index (χ0v) is 25.2. The van der Waals surface area contributed by atoms with Crippen molar-refractivity contribution in [3.63, 3.8) is 0 Å². The molecule has 2 amide bonds. The zero-order chi connectivity index (χ0) is 28.8. The van der Waals surface area contributed by atoms with Crippen molar-refractivity contribution >= 4 is 66.8 Å². The monoisotopic (exact) mass is 673 g/mol. The Labute approximate surface area is 254 Å². The molecular formula is C32H25Br2N3O4. The second-order valence-corrected chi connectivity index (χ2v) is 10.7. The van der Waals surface area contributed by atoms with Crippen LogP contribution in [-0.2, 0) is 9.59 Å². The largest absolute Gasteiger partial charge is 0.490 e. The van der Waals surface area contributed by atoms with Crippen LogP contribution in [-0.4, -0.2) is 30.7 Å². The number of anilines is 2. The van der Waals surface area contributed by atoms with Crippen LogP contribution in [0.5, 0.6) is 11.5 Å². The molecule has 0 radical (unpaired) electrons. The number of hydrazone groups is 1. The molecule has 4 aromatic rings. The molecule has 0 atom stereocenters. The van der Waals surface area contributed by atoms with E-state index in [0.29, 0.717) is 50.8 Å². The molecule has 5 rings (SSSR count). The lowest BCUT2D eigenvalue weighted by molar-refractivity contribution is -0.118. The summed E-state index contributed by atoms with van der Waals surface area (Å²) in [6, 6.07) is 29.8. The van der Waals surface area contributed by atoms with E-state index in [1.54, 1.807) is 24.3 Å². The number of rotatable bonds is 9. The molecule has 0 saturated carbocycles. The summed E-state index contributed by atoms with van der Waals surface area (Å²) in [5.74, 6) is 0.273. The van der Waals surface area contributed by atoms with Crippen LogP contribution >= 0.6 is 31.9 Å². The van der Waals surface area contributed by atoms with E-state index in [1.807, 2.05) is 85.8 Å². The van der Waals surface area contributed by atoms with Gasteiger partial charge in [0.2, 0.25) is 0 Å². The molecule has 206 valence electrons. The summed E-state index contributed by atoms with van der Waals surface area (Å²) >= 11 is 7.05. The molecule has 0 saturated heterocycles. The minimum atomic E-state index is -0.301. The SMILES string of the molecule is CCOc1cc(/C=C2\C(=O)N(c3cccc(Br)c3)N=C2c2ccccc2)cc(Br)c1OCC(=O)Nc1ccccc1. The first-order valence-corrected chi connectivity index (χ1v) is 14.4. The molecule has 0 unspecified atom stereocenters. The number of hydrogen-bond acceptors (Lipinski definition) is 5. The molecule has 1 N–H and O–H groups in total. The van der Waals surface area contributed by atoms with Crippen LogP contribution < -0.4 is 19.8 Å². The number of nitrogens with one attached hydrogen (secondary N) is 1. The van der Waals surface area contributed by atoms with E-state index >= 15 is 0 Å². The number of amides is 2. The van der Waals surface area contributed by atoms with Gasteiger partial charge in [0.1, 0.15) is 5.71 Å². The van der Waals surface area contributed by atoms with Crippen LogP contribution in [0.1, 0.15) is 18.1 Å². The number of carbonyl (C=O) groups is 2. The number of nitrogens with zero attached hydrogens (tertiary/aromatic N) is 2. The Morgan fingerprint density at radius 1 is 0.927 bits per heavy atom. The molecule has 0 fully saturated rings. The molecular weight excluding hydrogens is 650 g/mol. The van der Waals surface area contributed by atoms with Crippen molar-refractivity contribution in [2.45, 2.75) is 6.92 Å². The van der Waals surface area contributed by atoms with Gasteiger partial charge in [0.25, 0.3) is 11.8 Å². The Hall–Kier alpha value is -4.21. The maximum Gasteiger partial charge on any atom is 0.281 e. The molecule has 0 bridgehead atoms. The molecule has 0 spiro atoms. The molecule has 41 heavy (non-hydrogen) atoms. The highest BCUT2D eigenvalue weighted by Crippen LogP contribution is 2.38. The van der Waals surface area contributed by atoms with Crippen LogP contribution in [0.3, 0.4) is 0 Å². The van der Waals surface area contributed by atoms with E-state index in [4.69, 9.17) is 14.6 Å². The normalized spacial score (nSPS) is 13.7. The van der Waals surface area contributed by atoms with Crippen molar-refractivity contribution in [1.29, 1.82) is 0 Å². The molecule has 0 aromatic heterocycles. The highest BCUT2D eigenvalue weighted by Gasteiger charge is 2.32. The maximum absolute atomic E-state index is 13.7. The van der Waals surface area contributed by atoms with Crippen molar-refractivity contribution in [2.24, 2.45) is 5.10 Å². The summed E-state index contributed by atoms with van der Waals surface area (Å²) < 4.78 is 13.2. The van der Waals surface area contributed by atoms with Gasteiger partial charge in [-0.05, 0) is 77.0 Å². The maximum atomic E-state index is 13.7. The molecule has 7 nitrogen and oxygen atoms in total. The fourth-order valence-corrected chi connectivity index (χ4v) is 5.20. The van der Waals surface area contributed by atoms with E-state index in [2.05, 4.69) is 37.2 Å². The van der Waals surface area contributed by atoms with E-state index in [-0.39, 0.29) is 18.4 Å². The van der Waals surface area contributed by atoms with Crippen molar-refractivity contribution in [2.75, 3.05) is 23.5 Å². The van der Waals surface area contributed by atoms with E-state index < -0.39 is 0 Å². The van der Waals surface area contributed by atoms with Crippen molar-refractivity contribution in [3.8, 4) is 11.5 Å². The Morgan fingerprint density at radius 2 is 1.66 bits per heavy atom. The third-order valence-electron chi connectivity index (χ3n) is 6.03. The van der Waals surface area contributed by atoms with Crippen molar-refractivity contribution in [3.05, 3.63) is 123 Å². The molecule has 9 heteroatoms. The molecule has 1 heterocycles. The lowest BCUT2D eigenvalue weighted by Gasteiger charge is -2.15. The predicted molar refractivity (Wildman–Crippen MR) is 168 cm³/mol. The third-order valence-corrected chi connectivity index (χ3v) is 7.11. The quantitative estimate of drug-likeness (QED) is 0.187. The number of carbonyl (C=O) groups excluding carboxylic acids is 2. The van der Waals surface area contributed by atoms with Gasteiger partial charge in [-0.3, -0.25) is 9.59 Å². The first-order chi connectivity index (χ1) is 19.9. The summed E-state index contributed by atoms with van der Waals surface area (Å²) in [6.07, 6.45) is 1.78. The molecule has 1 aliphatic heterocycles. The van der Waals surface area contributed by atoms with Gasteiger partial charge >= 0.3 is 0 Å². The fraction of sp³-hybridized carbons (Fsp3) is 0.0938. The Balaban J connectivity index is 1.46. The average molecular weight is 675 g/mol. The van der Waals surface area contributed by atoms with Crippen molar-refractivity contribution < 1.29 is 19.1 Å². The second-order valence-electron chi connectivity index (χ2n) is 8.94. The van der Waals surface area contributed by atoms with Gasteiger partial charge in [-0.1, -0.05) is 70.5 Å². The van der Waals surface area contributed by atoms with Crippen LogP contribution in [0.4, 0.5) is 11.4 Å². The number of ether oxygens (including phenoxy) is 2. The van der Waals surface area contributed by atoms with Gasteiger partial charge in [-0.2, -0.15) is 10.1 Å². The molecule has 0 aliphatic carbocycles. The van der Waals surface area contributed by atoms with Gasteiger partial charge < -0.3 is 14.8 Å². The lowest BCUT2D eigenvalue weighted by Crippen LogP contribution is -2.21. The number of hydrogen-bond donors (Lipinski definition) is 1. The highest BCUT2D eigenvalue weighted by molar-refractivity contribution is 9.10. The van der Waals surface area contributed by atoms with Gasteiger partial charge in [-0.15, -0.1) is 0 Å². The minimum absolute atomic E-state index is 0.209. The Morgan fingerprint density at radius 3 is 2.37 bits per heavy atom. The minimum Gasteiger partial charge on any atom is -0.490 e. The highest BCUT2D eigenvalue weighted by atomic mass is 79.9. The van der Waals surface area contributed by atoms with Crippen LogP contribution in [0.2, 0.25) is 0 Å². The first kappa shape index (κ1) is 28.3. The number of benzene rings is 4. The number of halogens is 2. The molecule has 4 aromatic carbocycles. The summed E-state index contributed by atoms with van der Waals surface area (Å²) in [6.45, 7) is 2.03.